The lowest BCUT2D eigenvalue weighted by atomic mass is 9.82. The lowest BCUT2D eigenvalue weighted by molar-refractivity contribution is -0.00187. The molecule has 2 bridgehead atoms. The quantitative estimate of drug-likeness (QED) is 0.825. The molecule has 2 heterocycles. The summed E-state index contributed by atoms with van der Waals surface area (Å²) in [5.74, 6) is 0.635. The van der Waals surface area contributed by atoms with E-state index in [1.165, 1.54) is 0 Å². The summed E-state index contributed by atoms with van der Waals surface area (Å²) in [5, 5.41) is 11.2. The lowest BCUT2D eigenvalue weighted by Gasteiger charge is -2.38. The molecule has 0 aromatic carbocycles. The summed E-state index contributed by atoms with van der Waals surface area (Å²) in [6.45, 7) is 4.40. The Hall–Kier alpha value is 0.110. The van der Waals surface area contributed by atoms with E-state index in [4.69, 9.17) is 0 Å². The van der Waals surface area contributed by atoms with E-state index in [1.54, 1.807) is 0 Å². The zero-order chi connectivity index (χ0) is 11.8. The number of aliphatic hydroxyl groups is 1. The van der Waals surface area contributed by atoms with Gasteiger partial charge in [0.05, 0.1) is 5.60 Å². The Labute approximate surface area is 101 Å². The number of rotatable bonds is 4. The van der Waals surface area contributed by atoms with Crippen LogP contribution in [0.4, 0.5) is 0 Å². The summed E-state index contributed by atoms with van der Waals surface area (Å²) < 4.78 is 11.9. The smallest absolute Gasteiger partial charge is 0.0673 e. The molecule has 2 unspecified atom stereocenters. The molecule has 0 spiro atoms. The fourth-order valence-corrected chi connectivity index (χ4v) is 5.69. The Morgan fingerprint density at radius 3 is 2.19 bits per heavy atom. The van der Waals surface area contributed by atoms with Gasteiger partial charge in [-0.15, -0.1) is 0 Å². The first-order chi connectivity index (χ1) is 7.58. The van der Waals surface area contributed by atoms with Crippen molar-refractivity contribution in [2.75, 3.05) is 0 Å². The molecular formula is C13H24O2S. The molecule has 94 valence electrons. The molecule has 0 radical (unpaired) electrons. The van der Waals surface area contributed by atoms with Crippen molar-refractivity contribution in [3.63, 3.8) is 0 Å². The van der Waals surface area contributed by atoms with Crippen LogP contribution in [0.2, 0.25) is 0 Å². The first-order valence-corrected chi connectivity index (χ1v) is 7.97. The van der Waals surface area contributed by atoms with Crippen LogP contribution in [0.5, 0.6) is 0 Å². The van der Waals surface area contributed by atoms with E-state index < -0.39 is 16.4 Å². The van der Waals surface area contributed by atoms with Gasteiger partial charge in [0, 0.05) is 21.3 Å². The first-order valence-electron chi connectivity index (χ1n) is 6.69. The summed E-state index contributed by atoms with van der Waals surface area (Å²) in [4.78, 5) is 0. The second kappa shape index (κ2) is 4.77. The van der Waals surface area contributed by atoms with Crippen molar-refractivity contribution >= 4 is 10.8 Å². The van der Waals surface area contributed by atoms with Crippen molar-refractivity contribution in [3.8, 4) is 0 Å². The fourth-order valence-electron chi connectivity index (χ4n) is 3.46. The van der Waals surface area contributed by atoms with Gasteiger partial charge in [-0.25, -0.2) is 0 Å². The molecule has 1 N–H and O–H groups in total. The predicted molar refractivity (Wildman–Crippen MR) is 67.8 cm³/mol. The van der Waals surface area contributed by atoms with Gasteiger partial charge in [0.2, 0.25) is 0 Å². The molecule has 2 atom stereocenters. The lowest BCUT2D eigenvalue weighted by Crippen LogP contribution is -2.43. The summed E-state index contributed by atoms with van der Waals surface area (Å²) in [7, 11) is -0.644. The van der Waals surface area contributed by atoms with Crippen LogP contribution in [0.3, 0.4) is 0 Å². The molecule has 2 fully saturated rings. The molecule has 2 saturated heterocycles. The molecule has 2 nitrogen and oxygen atoms in total. The van der Waals surface area contributed by atoms with Gasteiger partial charge in [-0.05, 0) is 38.0 Å². The highest BCUT2D eigenvalue weighted by Gasteiger charge is 2.47. The average Bonchev–Trinajstić information content (AvgIpc) is 2.51. The molecule has 3 heteroatoms. The molecule has 16 heavy (non-hydrogen) atoms. The molecule has 0 saturated carbocycles. The van der Waals surface area contributed by atoms with Crippen LogP contribution in [0.25, 0.3) is 0 Å². The van der Waals surface area contributed by atoms with E-state index in [0.717, 1.165) is 44.9 Å². The minimum absolute atomic E-state index is 0.290. The monoisotopic (exact) mass is 244 g/mol. The number of fused-ring (bicyclic) bond motifs is 2. The first kappa shape index (κ1) is 12.6. The highest BCUT2D eigenvalue weighted by molar-refractivity contribution is 7.86. The van der Waals surface area contributed by atoms with E-state index in [0.29, 0.717) is 5.92 Å². The number of hydrogen-bond donors (Lipinski definition) is 1. The fraction of sp³-hybridized carbons (Fsp3) is 1.00. The van der Waals surface area contributed by atoms with E-state index >= 15 is 0 Å². The Morgan fingerprint density at radius 1 is 1.25 bits per heavy atom. The maximum Gasteiger partial charge on any atom is 0.0673 e. The Bertz CT molecular complexity index is 257. The van der Waals surface area contributed by atoms with Crippen molar-refractivity contribution in [1.29, 1.82) is 0 Å². The zero-order valence-electron chi connectivity index (χ0n) is 10.4. The molecule has 0 aromatic heterocycles. The van der Waals surface area contributed by atoms with Crippen molar-refractivity contribution < 1.29 is 9.32 Å². The summed E-state index contributed by atoms with van der Waals surface area (Å²) >= 11 is 0. The van der Waals surface area contributed by atoms with E-state index in [1.807, 2.05) is 0 Å². The topological polar surface area (TPSA) is 37.3 Å². The minimum atomic E-state index is -0.644. The van der Waals surface area contributed by atoms with Crippen molar-refractivity contribution in [3.05, 3.63) is 0 Å². The van der Waals surface area contributed by atoms with Gasteiger partial charge < -0.3 is 5.11 Å². The van der Waals surface area contributed by atoms with Gasteiger partial charge in [0.1, 0.15) is 0 Å². The van der Waals surface area contributed by atoms with E-state index in [-0.39, 0.29) is 10.5 Å². The summed E-state index contributed by atoms with van der Waals surface area (Å²) in [6.07, 6.45) is 6.93. The predicted octanol–water partition coefficient (Wildman–Crippen LogP) is 2.62. The SMILES string of the molecule is CCC(CC)CC1(O)CC2CCC(C1)S2=O. The Balaban J connectivity index is 2.01. The second-order valence-electron chi connectivity index (χ2n) is 5.67. The third-order valence-electron chi connectivity index (χ3n) is 4.51. The molecule has 2 rings (SSSR count). The molecular weight excluding hydrogens is 220 g/mol. The van der Waals surface area contributed by atoms with Crippen LogP contribution in [0.15, 0.2) is 0 Å². The van der Waals surface area contributed by atoms with Gasteiger partial charge in [-0.1, -0.05) is 26.7 Å². The van der Waals surface area contributed by atoms with E-state index in [2.05, 4.69) is 13.8 Å². The Morgan fingerprint density at radius 2 is 1.75 bits per heavy atom. The average molecular weight is 244 g/mol. The van der Waals surface area contributed by atoms with Crippen LogP contribution < -0.4 is 0 Å². The maximum absolute atomic E-state index is 11.9. The summed E-state index contributed by atoms with van der Waals surface area (Å²) in [5.41, 5.74) is -0.504. The van der Waals surface area contributed by atoms with Crippen LogP contribution >= 0.6 is 0 Å². The second-order valence-corrected chi connectivity index (χ2v) is 7.66. The molecule has 0 amide bonds. The molecule has 0 aromatic rings. The van der Waals surface area contributed by atoms with Crippen LogP contribution in [0.1, 0.15) is 58.8 Å². The highest BCUT2D eigenvalue weighted by Crippen LogP contribution is 2.44. The largest absolute Gasteiger partial charge is 0.390 e. The molecule has 2 aliphatic heterocycles. The minimum Gasteiger partial charge on any atom is -0.390 e. The highest BCUT2D eigenvalue weighted by atomic mass is 32.2. The van der Waals surface area contributed by atoms with Crippen molar-refractivity contribution in [2.24, 2.45) is 5.92 Å². The van der Waals surface area contributed by atoms with Gasteiger partial charge >= 0.3 is 0 Å². The standard InChI is InChI=1S/C13H24O2S/c1-3-10(4-2)7-13(14)8-11-5-6-12(9-13)16(11)15/h10-12,14H,3-9H2,1-2H3. The normalized spacial score (nSPS) is 42.9. The third-order valence-corrected chi connectivity index (χ3v) is 6.63. The Kier molecular flexibility index (Phi) is 3.75. The van der Waals surface area contributed by atoms with Gasteiger partial charge in [-0.3, -0.25) is 4.21 Å². The van der Waals surface area contributed by atoms with Gasteiger partial charge in [-0.2, -0.15) is 0 Å². The number of hydrogen-bond acceptors (Lipinski definition) is 2. The van der Waals surface area contributed by atoms with Crippen LogP contribution in [0, 0.1) is 5.92 Å². The van der Waals surface area contributed by atoms with Crippen molar-refractivity contribution in [1.82, 2.24) is 0 Å². The van der Waals surface area contributed by atoms with Gasteiger partial charge in [0.15, 0.2) is 0 Å². The van der Waals surface area contributed by atoms with E-state index in [9.17, 15) is 9.32 Å². The zero-order valence-corrected chi connectivity index (χ0v) is 11.3. The van der Waals surface area contributed by atoms with Crippen molar-refractivity contribution in [2.45, 2.75) is 74.9 Å². The van der Waals surface area contributed by atoms with Gasteiger partial charge in [0.25, 0.3) is 0 Å². The maximum atomic E-state index is 11.9. The summed E-state index contributed by atoms with van der Waals surface area (Å²) in [6, 6.07) is 0. The third kappa shape index (κ3) is 2.35. The van der Waals surface area contributed by atoms with Crippen LogP contribution in [-0.2, 0) is 10.8 Å². The molecule has 0 aliphatic carbocycles. The van der Waals surface area contributed by atoms with Crippen LogP contribution in [-0.4, -0.2) is 25.4 Å². The molecule has 2 aliphatic rings.